The van der Waals surface area contributed by atoms with Crippen molar-refractivity contribution in [1.82, 2.24) is 25.6 Å². The molecule has 0 aliphatic heterocycles. The number of rotatable bonds is 3. The summed E-state index contributed by atoms with van der Waals surface area (Å²) in [6.07, 6.45) is 1.46. The largest absolute Gasteiger partial charge is 0.230 e. The fourth-order valence-electron chi connectivity index (χ4n) is 0.998. The lowest BCUT2D eigenvalue weighted by Crippen LogP contribution is -1.99. The van der Waals surface area contributed by atoms with Crippen molar-refractivity contribution in [2.75, 3.05) is 0 Å². The van der Waals surface area contributed by atoms with Gasteiger partial charge in [0.15, 0.2) is 5.82 Å². The first-order chi connectivity index (χ1) is 7.79. The van der Waals surface area contributed by atoms with E-state index in [1.165, 1.54) is 17.6 Å². The van der Waals surface area contributed by atoms with Gasteiger partial charge in [0.05, 0.1) is 11.8 Å². The Bertz CT molecular complexity index is 521. The second-order valence-corrected chi connectivity index (χ2v) is 3.76. The number of nitriles is 1. The van der Waals surface area contributed by atoms with Crippen LogP contribution in [0.4, 0.5) is 5.13 Å². The molecule has 1 unspecified atom stereocenters. The zero-order valence-electron chi connectivity index (χ0n) is 8.32. The van der Waals surface area contributed by atoms with E-state index >= 15 is 0 Å². The average molecular weight is 233 g/mol. The maximum atomic E-state index is 8.90. The van der Waals surface area contributed by atoms with Crippen molar-refractivity contribution in [1.29, 1.82) is 5.26 Å². The normalized spacial score (nSPS) is 12.8. The smallest absolute Gasteiger partial charge is 0.208 e. The van der Waals surface area contributed by atoms with Gasteiger partial charge in [0, 0.05) is 11.6 Å². The fraction of sp³-hybridized carbons (Fsp3) is 0.250. The molecule has 0 saturated carbocycles. The summed E-state index contributed by atoms with van der Waals surface area (Å²) in [6.45, 7) is 1.89. The molecule has 0 aliphatic rings. The summed E-state index contributed by atoms with van der Waals surface area (Å²) < 4.78 is 0. The first-order valence-corrected chi connectivity index (χ1v) is 5.27. The van der Waals surface area contributed by atoms with Gasteiger partial charge in [0.1, 0.15) is 5.92 Å². The van der Waals surface area contributed by atoms with E-state index in [0.29, 0.717) is 11.0 Å². The van der Waals surface area contributed by atoms with Crippen molar-refractivity contribution >= 4 is 22.7 Å². The Kier molecular flexibility index (Phi) is 2.98. The van der Waals surface area contributed by atoms with Crippen LogP contribution in [0.25, 0.3) is 0 Å². The molecule has 0 aromatic carbocycles. The van der Waals surface area contributed by atoms with Gasteiger partial charge >= 0.3 is 0 Å². The van der Waals surface area contributed by atoms with E-state index in [4.69, 9.17) is 5.26 Å². The highest BCUT2D eigenvalue weighted by atomic mass is 32.1. The third-order valence-electron chi connectivity index (χ3n) is 1.72. The van der Waals surface area contributed by atoms with Gasteiger partial charge in [-0.2, -0.15) is 10.5 Å². The summed E-state index contributed by atoms with van der Waals surface area (Å²) in [5.41, 5.74) is 0.908. The molecule has 2 heterocycles. The first kappa shape index (κ1) is 10.4. The molecule has 2 aromatic rings. The van der Waals surface area contributed by atoms with Crippen molar-refractivity contribution in [3.05, 3.63) is 16.9 Å². The van der Waals surface area contributed by atoms with Gasteiger partial charge in [-0.15, -0.1) is 21.5 Å². The van der Waals surface area contributed by atoms with Gasteiger partial charge in [-0.1, -0.05) is 5.21 Å². The number of aromatic amines is 1. The lowest BCUT2D eigenvalue weighted by atomic mass is 10.2. The number of tetrazole rings is 1. The van der Waals surface area contributed by atoms with Gasteiger partial charge in [0.25, 0.3) is 0 Å². The third kappa shape index (κ3) is 2.26. The van der Waals surface area contributed by atoms with Crippen molar-refractivity contribution < 1.29 is 0 Å². The second-order valence-electron chi connectivity index (χ2n) is 2.93. The fourth-order valence-corrected chi connectivity index (χ4v) is 1.65. The predicted octanol–water partition coefficient (Wildman–Crippen LogP) is 0.974. The standard InChI is InChI=1S/C8H7N7S/c1-5-4-16-8(11-5)10-3-6(2-9)7-12-14-15-13-7/h3-4,6H,1H3,(H,12,13,14,15). The number of aromatic nitrogens is 5. The number of thiazole rings is 1. The summed E-state index contributed by atoms with van der Waals surface area (Å²) >= 11 is 1.42. The minimum absolute atomic E-state index is 0.305. The number of aryl methyl sites for hydroxylation is 1. The highest BCUT2D eigenvalue weighted by Crippen LogP contribution is 2.18. The maximum absolute atomic E-state index is 8.90. The maximum Gasteiger partial charge on any atom is 0.208 e. The van der Waals surface area contributed by atoms with E-state index in [9.17, 15) is 0 Å². The summed E-state index contributed by atoms with van der Waals surface area (Å²) in [4.78, 5) is 8.24. The molecule has 1 N–H and O–H groups in total. The van der Waals surface area contributed by atoms with Gasteiger partial charge in [-0.3, -0.25) is 0 Å². The molecule has 0 saturated heterocycles. The molecule has 0 bridgehead atoms. The molecule has 16 heavy (non-hydrogen) atoms. The van der Waals surface area contributed by atoms with E-state index in [2.05, 4.69) is 30.6 Å². The summed E-state index contributed by atoms with van der Waals surface area (Å²) in [5, 5.41) is 24.5. The molecule has 2 rings (SSSR count). The van der Waals surface area contributed by atoms with Crippen molar-refractivity contribution in [3.8, 4) is 6.07 Å². The molecule has 1 atom stereocenters. The summed E-state index contributed by atoms with van der Waals surface area (Å²) in [6, 6.07) is 2.02. The summed E-state index contributed by atoms with van der Waals surface area (Å²) in [7, 11) is 0. The van der Waals surface area contributed by atoms with Crippen LogP contribution < -0.4 is 0 Å². The number of hydrogen-bond donors (Lipinski definition) is 1. The third-order valence-corrected chi connectivity index (χ3v) is 2.59. The SMILES string of the molecule is Cc1csc(N=CC(C#N)c2nn[nH]n2)n1. The number of hydrogen-bond acceptors (Lipinski definition) is 7. The first-order valence-electron chi connectivity index (χ1n) is 4.39. The Morgan fingerprint density at radius 1 is 1.69 bits per heavy atom. The molecule has 80 valence electrons. The molecule has 0 aliphatic carbocycles. The molecule has 8 heteroatoms. The Morgan fingerprint density at radius 3 is 3.12 bits per heavy atom. The molecule has 0 fully saturated rings. The van der Waals surface area contributed by atoms with E-state index in [0.717, 1.165) is 5.69 Å². The van der Waals surface area contributed by atoms with Gasteiger partial charge in [-0.05, 0) is 6.92 Å². The molecule has 0 radical (unpaired) electrons. The number of nitrogens with zero attached hydrogens (tertiary/aromatic N) is 6. The highest BCUT2D eigenvalue weighted by molar-refractivity contribution is 7.13. The van der Waals surface area contributed by atoms with Gasteiger partial charge in [0.2, 0.25) is 5.13 Å². The molecule has 0 amide bonds. The molecule has 2 aromatic heterocycles. The second kappa shape index (κ2) is 4.59. The Labute approximate surface area is 94.9 Å². The zero-order valence-corrected chi connectivity index (χ0v) is 9.14. The van der Waals surface area contributed by atoms with Crippen LogP contribution in [0.2, 0.25) is 0 Å². The van der Waals surface area contributed by atoms with Crippen LogP contribution in [-0.4, -0.2) is 31.8 Å². The van der Waals surface area contributed by atoms with E-state index < -0.39 is 5.92 Å². The van der Waals surface area contributed by atoms with E-state index in [1.54, 1.807) is 0 Å². The number of nitrogens with one attached hydrogen (secondary N) is 1. The lowest BCUT2D eigenvalue weighted by Gasteiger charge is -1.92. The van der Waals surface area contributed by atoms with Gasteiger partial charge in [-0.25, -0.2) is 9.98 Å². The monoisotopic (exact) mass is 233 g/mol. The van der Waals surface area contributed by atoms with Crippen LogP contribution in [0.1, 0.15) is 17.4 Å². The zero-order chi connectivity index (χ0) is 11.4. The lowest BCUT2D eigenvalue weighted by molar-refractivity contribution is 0.881. The minimum atomic E-state index is -0.608. The average Bonchev–Trinajstić information content (AvgIpc) is 2.91. The van der Waals surface area contributed by atoms with Crippen molar-refractivity contribution in [3.63, 3.8) is 0 Å². The van der Waals surface area contributed by atoms with E-state index in [1.807, 2.05) is 18.4 Å². The van der Waals surface area contributed by atoms with Crippen LogP contribution in [-0.2, 0) is 0 Å². The Hall–Kier alpha value is -2.14. The summed E-state index contributed by atoms with van der Waals surface area (Å²) in [5.74, 6) is -0.303. The van der Waals surface area contributed by atoms with Crippen LogP contribution in [0.15, 0.2) is 10.4 Å². The van der Waals surface area contributed by atoms with Crippen molar-refractivity contribution in [2.24, 2.45) is 4.99 Å². The molecule has 7 nitrogen and oxygen atoms in total. The predicted molar refractivity (Wildman–Crippen MR) is 57.5 cm³/mol. The Morgan fingerprint density at radius 2 is 2.56 bits per heavy atom. The van der Waals surface area contributed by atoms with Crippen LogP contribution in [0, 0.1) is 18.3 Å². The number of H-pyrrole nitrogens is 1. The van der Waals surface area contributed by atoms with Crippen molar-refractivity contribution in [2.45, 2.75) is 12.8 Å². The topological polar surface area (TPSA) is 104 Å². The van der Waals surface area contributed by atoms with Crippen LogP contribution in [0.3, 0.4) is 0 Å². The minimum Gasteiger partial charge on any atom is -0.230 e. The molecular weight excluding hydrogens is 226 g/mol. The van der Waals surface area contributed by atoms with Crippen LogP contribution >= 0.6 is 11.3 Å². The highest BCUT2D eigenvalue weighted by Gasteiger charge is 2.12. The van der Waals surface area contributed by atoms with Gasteiger partial charge < -0.3 is 0 Å². The molecular formula is C8H7N7S. The number of aliphatic imine (C=N–C) groups is 1. The molecule has 0 spiro atoms. The quantitative estimate of drug-likeness (QED) is 0.795. The van der Waals surface area contributed by atoms with E-state index in [-0.39, 0.29) is 0 Å². The van der Waals surface area contributed by atoms with Crippen LogP contribution in [0.5, 0.6) is 0 Å². The Balaban J connectivity index is 2.14.